The van der Waals surface area contributed by atoms with Gasteiger partial charge in [-0.15, -0.1) is 0 Å². The highest BCUT2D eigenvalue weighted by atomic mass is 16.1. The van der Waals surface area contributed by atoms with Gasteiger partial charge in [-0.3, -0.25) is 4.79 Å². The first-order valence-corrected chi connectivity index (χ1v) is 5.38. The minimum absolute atomic E-state index is 0.436. The van der Waals surface area contributed by atoms with E-state index in [1.807, 2.05) is 35.2 Å². The summed E-state index contributed by atoms with van der Waals surface area (Å²) >= 11 is 0. The van der Waals surface area contributed by atoms with Crippen molar-refractivity contribution < 1.29 is 4.79 Å². The highest BCUT2D eigenvalue weighted by Crippen LogP contribution is 2.18. The van der Waals surface area contributed by atoms with Crippen LogP contribution in [0.1, 0.15) is 12.0 Å². The molecule has 84 valence electrons. The van der Waals surface area contributed by atoms with Crippen LogP contribution >= 0.6 is 0 Å². The Bertz CT molecular complexity index is 509. The predicted molar refractivity (Wildman–Crippen MR) is 64.4 cm³/mol. The van der Waals surface area contributed by atoms with E-state index in [1.54, 1.807) is 12.4 Å². The van der Waals surface area contributed by atoms with Crippen molar-refractivity contribution in [1.82, 2.24) is 4.90 Å². The van der Waals surface area contributed by atoms with Crippen LogP contribution in [0.25, 0.3) is 0 Å². The third-order valence-corrected chi connectivity index (χ3v) is 2.55. The molecule has 17 heavy (non-hydrogen) atoms. The highest BCUT2D eigenvalue weighted by molar-refractivity contribution is 5.74. The van der Waals surface area contributed by atoms with Crippen LogP contribution in [0.15, 0.2) is 53.9 Å². The van der Waals surface area contributed by atoms with E-state index < -0.39 is 0 Å². The summed E-state index contributed by atoms with van der Waals surface area (Å²) in [6.07, 6.45) is 4.83. The summed E-state index contributed by atoms with van der Waals surface area (Å²) in [4.78, 5) is 12.7. The lowest BCUT2D eigenvalue weighted by Gasteiger charge is -2.21. The summed E-state index contributed by atoms with van der Waals surface area (Å²) in [6, 6.07) is 12.0. The van der Waals surface area contributed by atoms with Gasteiger partial charge in [-0.05, 0) is 5.56 Å². The SMILES string of the molecule is N#CC1=CN(Cc2ccccc2)C=C(C=O)C1. The Labute approximate surface area is 100 Å². The van der Waals surface area contributed by atoms with E-state index in [1.165, 1.54) is 0 Å². The van der Waals surface area contributed by atoms with E-state index in [2.05, 4.69) is 6.07 Å². The van der Waals surface area contributed by atoms with Crippen LogP contribution in [0.2, 0.25) is 0 Å². The number of hydrogen-bond acceptors (Lipinski definition) is 3. The highest BCUT2D eigenvalue weighted by Gasteiger charge is 2.11. The smallest absolute Gasteiger partial charge is 0.147 e. The van der Waals surface area contributed by atoms with Crippen molar-refractivity contribution in [3.05, 3.63) is 59.4 Å². The Morgan fingerprint density at radius 2 is 2.06 bits per heavy atom. The van der Waals surface area contributed by atoms with Crippen molar-refractivity contribution in [2.24, 2.45) is 0 Å². The van der Waals surface area contributed by atoms with E-state index in [4.69, 9.17) is 5.26 Å². The number of benzene rings is 1. The Morgan fingerprint density at radius 3 is 2.71 bits per heavy atom. The molecule has 3 heteroatoms. The number of allylic oxidation sites excluding steroid dienone is 2. The molecule has 2 rings (SSSR count). The Balaban J connectivity index is 2.17. The second-order valence-electron chi connectivity index (χ2n) is 3.92. The molecule has 1 heterocycles. The summed E-state index contributed by atoms with van der Waals surface area (Å²) < 4.78 is 0. The second-order valence-corrected chi connectivity index (χ2v) is 3.92. The largest absolute Gasteiger partial charge is 0.349 e. The minimum atomic E-state index is 0.436. The lowest BCUT2D eigenvalue weighted by Crippen LogP contribution is -2.15. The van der Waals surface area contributed by atoms with Gasteiger partial charge in [-0.25, -0.2) is 0 Å². The molecule has 1 aromatic rings. The number of rotatable bonds is 3. The molecule has 1 aliphatic rings. The molecular weight excluding hydrogens is 212 g/mol. The van der Waals surface area contributed by atoms with Crippen LogP contribution in [-0.4, -0.2) is 11.2 Å². The zero-order valence-corrected chi connectivity index (χ0v) is 9.34. The van der Waals surface area contributed by atoms with Gasteiger partial charge >= 0.3 is 0 Å². The molecule has 0 saturated heterocycles. The molecule has 1 aliphatic heterocycles. The molecule has 3 nitrogen and oxygen atoms in total. The van der Waals surface area contributed by atoms with Crippen LogP contribution in [0.3, 0.4) is 0 Å². The fourth-order valence-electron chi connectivity index (χ4n) is 1.79. The molecule has 0 bridgehead atoms. The Hall–Kier alpha value is -2.34. The van der Waals surface area contributed by atoms with Crippen LogP contribution in [0, 0.1) is 11.3 Å². The van der Waals surface area contributed by atoms with Gasteiger partial charge in [0.15, 0.2) is 0 Å². The number of hydrogen-bond donors (Lipinski definition) is 0. The Morgan fingerprint density at radius 1 is 1.29 bits per heavy atom. The first-order chi connectivity index (χ1) is 8.31. The van der Waals surface area contributed by atoms with Gasteiger partial charge in [0.05, 0.1) is 11.6 Å². The quantitative estimate of drug-likeness (QED) is 0.740. The van der Waals surface area contributed by atoms with Crippen molar-refractivity contribution in [1.29, 1.82) is 5.26 Å². The summed E-state index contributed by atoms with van der Waals surface area (Å²) in [5.41, 5.74) is 2.40. The molecule has 0 N–H and O–H groups in total. The molecule has 0 atom stereocenters. The van der Waals surface area contributed by atoms with E-state index in [0.29, 0.717) is 24.1 Å². The van der Waals surface area contributed by atoms with Gasteiger partial charge in [0.2, 0.25) is 0 Å². The van der Waals surface area contributed by atoms with Gasteiger partial charge < -0.3 is 4.90 Å². The standard InChI is InChI=1S/C14H12N2O/c15-7-13-6-14(11-17)10-16(9-13)8-12-4-2-1-3-5-12/h1-5,9-11H,6,8H2. The lowest BCUT2D eigenvalue weighted by molar-refractivity contribution is -0.105. The third kappa shape index (κ3) is 2.82. The first kappa shape index (κ1) is 11.2. The summed E-state index contributed by atoms with van der Waals surface area (Å²) in [5.74, 6) is 0. The van der Waals surface area contributed by atoms with E-state index in [9.17, 15) is 4.79 Å². The number of nitrogens with zero attached hydrogens (tertiary/aromatic N) is 2. The monoisotopic (exact) mass is 224 g/mol. The molecule has 0 unspecified atom stereocenters. The Kier molecular flexibility index (Phi) is 3.37. The van der Waals surface area contributed by atoms with Gasteiger partial charge in [0.25, 0.3) is 0 Å². The molecule has 1 aromatic carbocycles. The second kappa shape index (κ2) is 5.13. The van der Waals surface area contributed by atoms with Crippen LogP contribution < -0.4 is 0 Å². The molecule has 0 radical (unpaired) electrons. The zero-order valence-electron chi connectivity index (χ0n) is 9.34. The molecule has 0 aromatic heterocycles. The summed E-state index contributed by atoms with van der Waals surface area (Å²) in [6.45, 7) is 0.670. The maximum atomic E-state index is 10.8. The molecule has 0 fully saturated rings. The van der Waals surface area contributed by atoms with E-state index in [0.717, 1.165) is 11.8 Å². The van der Waals surface area contributed by atoms with Gasteiger partial charge in [0.1, 0.15) is 6.29 Å². The molecule has 0 aliphatic carbocycles. The number of aldehydes is 1. The first-order valence-electron chi connectivity index (χ1n) is 5.38. The topological polar surface area (TPSA) is 44.1 Å². The number of carbonyl (C=O) groups excluding carboxylic acids is 1. The zero-order chi connectivity index (χ0) is 12.1. The minimum Gasteiger partial charge on any atom is -0.349 e. The third-order valence-electron chi connectivity index (χ3n) is 2.55. The maximum Gasteiger partial charge on any atom is 0.147 e. The van der Waals surface area contributed by atoms with Crippen molar-refractivity contribution >= 4 is 6.29 Å². The fourth-order valence-corrected chi connectivity index (χ4v) is 1.79. The van der Waals surface area contributed by atoms with Crippen LogP contribution in [-0.2, 0) is 11.3 Å². The van der Waals surface area contributed by atoms with Crippen LogP contribution in [0.4, 0.5) is 0 Å². The summed E-state index contributed by atoms with van der Waals surface area (Å²) in [7, 11) is 0. The van der Waals surface area contributed by atoms with Gasteiger partial charge in [-0.1, -0.05) is 30.3 Å². The molecule has 0 spiro atoms. The normalized spacial score (nSPS) is 14.6. The fraction of sp³-hybridized carbons (Fsp3) is 0.143. The van der Waals surface area contributed by atoms with E-state index in [-0.39, 0.29) is 0 Å². The molecular formula is C14H12N2O. The number of nitriles is 1. The molecule has 0 saturated carbocycles. The van der Waals surface area contributed by atoms with Gasteiger partial charge in [0, 0.05) is 30.9 Å². The lowest BCUT2D eigenvalue weighted by atomic mass is 10.1. The van der Waals surface area contributed by atoms with Crippen molar-refractivity contribution in [3.63, 3.8) is 0 Å². The predicted octanol–water partition coefficient (Wildman–Crippen LogP) is 2.38. The van der Waals surface area contributed by atoms with Gasteiger partial charge in [-0.2, -0.15) is 5.26 Å². The van der Waals surface area contributed by atoms with Crippen LogP contribution in [0.5, 0.6) is 0 Å². The maximum absolute atomic E-state index is 10.8. The number of carbonyl (C=O) groups is 1. The average Bonchev–Trinajstić information content (AvgIpc) is 2.39. The van der Waals surface area contributed by atoms with Crippen molar-refractivity contribution in [2.75, 3.05) is 0 Å². The molecule has 0 amide bonds. The van der Waals surface area contributed by atoms with Crippen molar-refractivity contribution in [3.8, 4) is 6.07 Å². The van der Waals surface area contributed by atoms with E-state index >= 15 is 0 Å². The van der Waals surface area contributed by atoms with Crippen molar-refractivity contribution in [2.45, 2.75) is 13.0 Å². The average molecular weight is 224 g/mol. The summed E-state index contributed by atoms with van der Waals surface area (Å²) in [5, 5.41) is 8.90.